The van der Waals surface area contributed by atoms with Gasteiger partial charge in [0.1, 0.15) is 23.3 Å². The number of rotatable bonds is 3. The summed E-state index contributed by atoms with van der Waals surface area (Å²) in [5.41, 5.74) is 0.455. The fourth-order valence-corrected chi connectivity index (χ4v) is 3.09. The molecule has 2 aromatic rings. The summed E-state index contributed by atoms with van der Waals surface area (Å²) in [5, 5.41) is 2.64. The Morgan fingerprint density at radius 1 is 1.25 bits per heavy atom. The first-order chi connectivity index (χ1) is 13.2. The van der Waals surface area contributed by atoms with Crippen molar-refractivity contribution in [1.82, 2.24) is 10.3 Å². The van der Waals surface area contributed by atoms with Crippen molar-refractivity contribution in [3.05, 3.63) is 48.4 Å². The summed E-state index contributed by atoms with van der Waals surface area (Å²) < 4.78 is 19.2. The van der Waals surface area contributed by atoms with Gasteiger partial charge in [-0.1, -0.05) is 18.2 Å². The molecule has 1 aromatic carbocycles. The minimum Gasteiger partial charge on any atom is -0.444 e. The standard InChI is InChI=1S/C21H24FN3O3/c1-21(2,3)28-20(27)24-17-9-6-12-25(19(17)26)18-11-10-14(13-23-18)15-7-4-5-8-16(15)22/h4-5,7-8,10-11,13,17H,6,9,12H2,1-3H3,(H,24,27)/t17-/m1/s1. The van der Waals surface area contributed by atoms with Gasteiger partial charge in [0.05, 0.1) is 0 Å². The number of halogens is 1. The van der Waals surface area contributed by atoms with Crippen LogP contribution in [0.4, 0.5) is 15.0 Å². The van der Waals surface area contributed by atoms with Crippen LogP contribution in [-0.4, -0.2) is 35.2 Å². The number of pyridine rings is 1. The van der Waals surface area contributed by atoms with Crippen molar-refractivity contribution >= 4 is 17.8 Å². The van der Waals surface area contributed by atoms with Crippen LogP contribution >= 0.6 is 0 Å². The first-order valence-corrected chi connectivity index (χ1v) is 9.26. The number of amides is 2. The maximum atomic E-state index is 13.9. The molecule has 2 amide bonds. The number of piperidine rings is 1. The van der Waals surface area contributed by atoms with E-state index in [0.29, 0.717) is 29.9 Å². The predicted molar refractivity (Wildman–Crippen MR) is 104 cm³/mol. The second kappa shape index (κ2) is 7.96. The Kier molecular flexibility index (Phi) is 5.63. The van der Waals surface area contributed by atoms with Crippen molar-refractivity contribution in [2.45, 2.75) is 45.3 Å². The SMILES string of the molecule is CC(C)(C)OC(=O)N[C@@H]1CCCN(c2ccc(-c3ccccc3F)cn2)C1=O. The van der Waals surface area contributed by atoms with E-state index in [-0.39, 0.29) is 11.7 Å². The van der Waals surface area contributed by atoms with Crippen molar-refractivity contribution in [3.8, 4) is 11.1 Å². The van der Waals surface area contributed by atoms with Gasteiger partial charge in [0.2, 0.25) is 0 Å². The zero-order valence-electron chi connectivity index (χ0n) is 16.2. The van der Waals surface area contributed by atoms with Crippen molar-refractivity contribution in [3.63, 3.8) is 0 Å². The molecule has 1 saturated heterocycles. The summed E-state index contributed by atoms with van der Waals surface area (Å²) in [6, 6.07) is 9.23. The van der Waals surface area contributed by atoms with Crippen molar-refractivity contribution in [2.75, 3.05) is 11.4 Å². The molecule has 0 bridgehead atoms. The molecule has 0 radical (unpaired) electrons. The number of aromatic nitrogens is 1. The Balaban J connectivity index is 1.72. The number of hydrogen-bond acceptors (Lipinski definition) is 4. The van der Waals surface area contributed by atoms with Crippen molar-refractivity contribution in [2.24, 2.45) is 0 Å². The van der Waals surface area contributed by atoms with Gasteiger partial charge in [-0.25, -0.2) is 14.2 Å². The summed E-state index contributed by atoms with van der Waals surface area (Å²) in [7, 11) is 0. The van der Waals surface area contributed by atoms with Crippen LogP contribution < -0.4 is 10.2 Å². The lowest BCUT2D eigenvalue weighted by molar-refractivity contribution is -0.121. The molecule has 148 valence electrons. The normalized spacial score (nSPS) is 17.4. The number of carbonyl (C=O) groups is 2. The number of nitrogens with one attached hydrogen (secondary N) is 1. The lowest BCUT2D eigenvalue weighted by Crippen LogP contribution is -2.53. The second-order valence-corrected chi connectivity index (χ2v) is 7.72. The lowest BCUT2D eigenvalue weighted by Gasteiger charge is -2.32. The van der Waals surface area contributed by atoms with Gasteiger partial charge in [0.25, 0.3) is 5.91 Å². The maximum absolute atomic E-state index is 13.9. The molecular formula is C21H24FN3O3. The molecule has 1 N–H and O–H groups in total. The second-order valence-electron chi connectivity index (χ2n) is 7.72. The fourth-order valence-electron chi connectivity index (χ4n) is 3.09. The molecule has 28 heavy (non-hydrogen) atoms. The van der Waals surface area contributed by atoms with Crippen LogP contribution in [0.25, 0.3) is 11.1 Å². The van der Waals surface area contributed by atoms with E-state index >= 15 is 0 Å². The van der Waals surface area contributed by atoms with Crippen LogP contribution in [0.2, 0.25) is 0 Å². The van der Waals surface area contributed by atoms with Crippen LogP contribution in [0.5, 0.6) is 0 Å². The van der Waals surface area contributed by atoms with Crippen LogP contribution in [0, 0.1) is 5.82 Å². The lowest BCUT2D eigenvalue weighted by atomic mass is 10.0. The van der Waals surface area contributed by atoms with E-state index < -0.39 is 17.7 Å². The maximum Gasteiger partial charge on any atom is 0.408 e. The molecule has 2 heterocycles. The first-order valence-electron chi connectivity index (χ1n) is 9.26. The van der Waals surface area contributed by atoms with Crippen LogP contribution in [0.3, 0.4) is 0 Å². The van der Waals surface area contributed by atoms with Crippen molar-refractivity contribution < 1.29 is 18.7 Å². The zero-order valence-corrected chi connectivity index (χ0v) is 16.2. The number of carbonyl (C=O) groups excluding carboxylic acids is 2. The minimum absolute atomic E-state index is 0.233. The number of alkyl carbamates (subject to hydrolysis) is 1. The van der Waals surface area contributed by atoms with E-state index in [0.717, 1.165) is 6.42 Å². The molecule has 1 aliphatic heterocycles. The van der Waals surface area contributed by atoms with Gasteiger partial charge in [0, 0.05) is 23.9 Å². The van der Waals surface area contributed by atoms with Gasteiger partial charge in [-0.3, -0.25) is 9.69 Å². The Bertz CT molecular complexity index is 862. The van der Waals surface area contributed by atoms with Gasteiger partial charge >= 0.3 is 6.09 Å². The fraction of sp³-hybridized carbons (Fsp3) is 0.381. The number of benzene rings is 1. The van der Waals surface area contributed by atoms with Gasteiger partial charge in [-0.2, -0.15) is 0 Å². The number of nitrogens with zero attached hydrogens (tertiary/aromatic N) is 2. The Morgan fingerprint density at radius 2 is 2.00 bits per heavy atom. The average molecular weight is 385 g/mol. The van der Waals surface area contributed by atoms with E-state index in [2.05, 4.69) is 10.3 Å². The Morgan fingerprint density at radius 3 is 2.64 bits per heavy atom. The Hall–Kier alpha value is -2.96. The monoisotopic (exact) mass is 385 g/mol. The van der Waals surface area contributed by atoms with Gasteiger partial charge < -0.3 is 10.1 Å². The minimum atomic E-state index is -0.656. The molecule has 1 aromatic heterocycles. The van der Waals surface area contributed by atoms with E-state index in [1.54, 1.807) is 57.3 Å². The van der Waals surface area contributed by atoms with Crippen LogP contribution in [-0.2, 0) is 9.53 Å². The molecule has 0 unspecified atom stereocenters. The molecule has 3 rings (SSSR count). The summed E-state index contributed by atoms with van der Waals surface area (Å²) in [4.78, 5) is 30.7. The highest BCUT2D eigenvalue weighted by atomic mass is 19.1. The highest BCUT2D eigenvalue weighted by Crippen LogP contribution is 2.25. The van der Waals surface area contributed by atoms with Gasteiger partial charge in [0.15, 0.2) is 0 Å². The molecule has 1 fully saturated rings. The summed E-state index contributed by atoms with van der Waals surface area (Å²) >= 11 is 0. The third kappa shape index (κ3) is 4.65. The quantitative estimate of drug-likeness (QED) is 0.870. The molecule has 0 saturated carbocycles. The number of anilines is 1. The topological polar surface area (TPSA) is 71.5 Å². The summed E-state index contributed by atoms with van der Waals surface area (Å²) in [5.74, 6) is -0.0863. The summed E-state index contributed by atoms with van der Waals surface area (Å²) in [6.07, 6.45) is 2.20. The zero-order chi connectivity index (χ0) is 20.3. The number of ether oxygens (including phenoxy) is 1. The van der Waals surface area contributed by atoms with E-state index in [1.165, 1.54) is 11.0 Å². The molecular weight excluding hydrogens is 361 g/mol. The van der Waals surface area contributed by atoms with Gasteiger partial charge in [-0.05, 0) is 51.8 Å². The Labute approximate surface area is 163 Å². The van der Waals surface area contributed by atoms with E-state index in [1.807, 2.05) is 0 Å². The molecule has 1 atom stereocenters. The molecule has 0 spiro atoms. The van der Waals surface area contributed by atoms with E-state index in [9.17, 15) is 14.0 Å². The van der Waals surface area contributed by atoms with Crippen LogP contribution in [0.15, 0.2) is 42.6 Å². The third-order valence-electron chi connectivity index (χ3n) is 4.34. The first kappa shape index (κ1) is 19.8. The van der Waals surface area contributed by atoms with Crippen LogP contribution in [0.1, 0.15) is 33.6 Å². The molecule has 0 aliphatic carbocycles. The highest BCUT2D eigenvalue weighted by molar-refractivity contribution is 5.98. The molecule has 6 nitrogen and oxygen atoms in total. The molecule has 7 heteroatoms. The average Bonchev–Trinajstić information content (AvgIpc) is 2.63. The number of hydrogen-bond donors (Lipinski definition) is 1. The van der Waals surface area contributed by atoms with Gasteiger partial charge in [-0.15, -0.1) is 0 Å². The predicted octanol–water partition coefficient (Wildman–Crippen LogP) is 3.91. The smallest absolute Gasteiger partial charge is 0.408 e. The largest absolute Gasteiger partial charge is 0.444 e. The van der Waals surface area contributed by atoms with E-state index in [4.69, 9.17) is 4.74 Å². The third-order valence-corrected chi connectivity index (χ3v) is 4.34. The molecule has 1 aliphatic rings. The van der Waals surface area contributed by atoms with Crippen molar-refractivity contribution in [1.29, 1.82) is 0 Å². The summed E-state index contributed by atoms with van der Waals surface area (Å²) in [6.45, 7) is 5.81. The highest BCUT2D eigenvalue weighted by Gasteiger charge is 2.32.